The Balaban J connectivity index is 0.00000110. The molecule has 3 rings (SSSR count). The van der Waals surface area contributed by atoms with Crippen LogP contribution in [-0.2, 0) is 47.7 Å². The molecule has 0 N–H and O–H groups in total. The van der Waals surface area contributed by atoms with Gasteiger partial charge < -0.3 is 18.9 Å². The zero-order chi connectivity index (χ0) is 48.0. The standard InChI is InChI=1S/C25H39NO5S.C18H31NO5.2CO2/c1-8-17(9-2)31-22-21(25(5,6)7)20(26(28)29)15-19(24(27)30-10-3)23(22)32-18-13-11-16(4)12-14-18;1-7-13(8-2)24-15-11-12(17(20)23-9-3)10-14(19(21)22)16(15)18(4,5)6;2*2-1-3/h11-14,17,19-23H,8-10,15H2,1-7H3;11,13-16H,7-10H2,1-6H3;;/t19-,20+,21-,22+,23-;14?,15-,16-;;/m11../s1. The molecule has 0 spiro atoms. The molecule has 2 aliphatic carbocycles. The smallest absolute Gasteiger partial charge is 0.373 e. The lowest BCUT2D eigenvalue weighted by Gasteiger charge is -2.48. The van der Waals surface area contributed by atoms with Gasteiger partial charge in [-0.15, -0.1) is 11.8 Å². The van der Waals surface area contributed by atoms with E-state index >= 15 is 0 Å². The predicted molar refractivity (Wildman–Crippen MR) is 231 cm³/mol. The van der Waals surface area contributed by atoms with Gasteiger partial charge in [0.15, 0.2) is 0 Å². The third-order valence-corrected chi connectivity index (χ3v) is 12.4. The second-order valence-corrected chi connectivity index (χ2v) is 18.6. The van der Waals surface area contributed by atoms with Crippen LogP contribution in [0.5, 0.6) is 0 Å². The van der Waals surface area contributed by atoms with Crippen LogP contribution in [0.1, 0.15) is 127 Å². The predicted octanol–water partition coefficient (Wildman–Crippen LogP) is 8.51. The highest BCUT2D eigenvalue weighted by atomic mass is 32.2. The van der Waals surface area contributed by atoms with Crippen LogP contribution in [-0.4, -0.2) is 89.1 Å². The van der Waals surface area contributed by atoms with Crippen LogP contribution in [0.2, 0.25) is 0 Å². The molecular formula is C45H70N2O14S. The number of carbonyl (C=O) groups is 2. The summed E-state index contributed by atoms with van der Waals surface area (Å²) >= 11 is 1.59. The van der Waals surface area contributed by atoms with Crippen LogP contribution in [0.4, 0.5) is 0 Å². The Kier molecular flexibility index (Phi) is 26.5. The zero-order valence-corrected chi connectivity index (χ0v) is 39.7. The van der Waals surface area contributed by atoms with Gasteiger partial charge in [0, 0.05) is 38.4 Å². The van der Waals surface area contributed by atoms with Crippen molar-refractivity contribution in [3.63, 3.8) is 0 Å². The lowest BCUT2D eigenvalue weighted by Crippen LogP contribution is -2.59. The summed E-state index contributed by atoms with van der Waals surface area (Å²) in [5.74, 6) is -2.07. The summed E-state index contributed by atoms with van der Waals surface area (Å²) < 4.78 is 23.3. The van der Waals surface area contributed by atoms with Gasteiger partial charge in [-0.1, -0.05) is 86.9 Å². The first-order chi connectivity index (χ1) is 29.0. The number of hydrogen-bond acceptors (Lipinski definition) is 15. The van der Waals surface area contributed by atoms with Crippen molar-refractivity contribution in [2.45, 2.75) is 175 Å². The summed E-state index contributed by atoms with van der Waals surface area (Å²) in [6, 6.07) is 6.46. The van der Waals surface area contributed by atoms with E-state index in [9.17, 15) is 29.8 Å². The first-order valence-corrected chi connectivity index (χ1v) is 22.2. The second kappa shape index (κ2) is 28.4. The number of nitrogens with zero attached hydrogens (tertiary/aromatic N) is 2. The fraction of sp³-hybridized carbons (Fsp3) is 0.733. The number of nitro groups is 2. The molecule has 62 heavy (non-hydrogen) atoms. The minimum atomic E-state index is -0.862. The number of esters is 2. The quantitative estimate of drug-likeness (QED) is 0.0861. The number of carbonyl (C=O) groups excluding carboxylic acids is 6. The van der Waals surface area contributed by atoms with Gasteiger partial charge in [0.2, 0.25) is 12.1 Å². The Labute approximate surface area is 371 Å². The largest absolute Gasteiger partial charge is 0.466 e. The summed E-state index contributed by atoms with van der Waals surface area (Å²) in [7, 11) is 0. The third kappa shape index (κ3) is 18.2. The van der Waals surface area contributed by atoms with E-state index in [1.165, 1.54) is 0 Å². The SMILES string of the molecule is CCOC(=O)C1=C[C@@H](OC(CC)CC)[C@H](C(C)(C)C)C([N+](=O)[O-])C1.CCOC(=O)[C@@H]1C[C@H]([N+](=O)[O-])[C@@H](C(C)(C)C)[C@H](OC(CC)CC)[C@@H]1Sc1ccc(C)cc1.O=C=O.O=C=O. The molecular weight excluding hydrogens is 825 g/mol. The fourth-order valence-corrected chi connectivity index (χ4v) is 9.53. The maximum absolute atomic E-state index is 13.0. The van der Waals surface area contributed by atoms with Crippen LogP contribution in [0.25, 0.3) is 0 Å². The van der Waals surface area contributed by atoms with Crippen molar-refractivity contribution in [2.24, 2.45) is 28.6 Å². The van der Waals surface area contributed by atoms with Crippen molar-refractivity contribution in [1.82, 2.24) is 0 Å². The molecule has 17 heteroatoms. The number of benzene rings is 1. The summed E-state index contributed by atoms with van der Waals surface area (Å²) in [5, 5.41) is 23.6. The summed E-state index contributed by atoms with van der Waals surface area (Å²) in [5.41, 5.74) is 0.839. The van der Waals surface area contributed by atoms with Gasteiger partial charge in [0.1, 0.15) is 0 Å². The van der Waals surface area contributed by atoms with Crippen molar-refractivity contribution in [3.05, 3.63) is 61.7 Å². The van der Waals surface area contributed by atoms with Crippen LogP contribution in [0.15, 0.2) is 40.8 Å². The Bertz CT molecular complexity index is 1620. The molecule has 350 valence electrons. The van der Waals surface area contributed by atoms with Gasteiger partial charge in [0.05, 0.1) is 55.4 Å². The van der Waals surface area contributed by atoms with Crippen LogP contribution < -0.4 is 0 Å². The number of rotatable bonds is 16. The van der Waals surface area contributed by atoms with E-state index in [0.717, 1.165) is 36.1 Å². The molecule has 0 aromatic heterocycles. The molecule has 1 aromatic carbocycles. The minimum absolute atomic E-state index is 0.0145. The molecule has 0 amide bonds. The van der Waals surface area contributed by atoms with E-state index in [1.54, 1.807) is 31.7 Å². The maximum Gasteiger partial charge on any atom is 0.373 e. The maximum atomic E-state index is 13.0. The minimum Gasteiger partial charge on any atom is -0.466 e. The molecule has 1 fully saturated rings. The van der Waals surface area contributed by atoms with Gasteiger partial charge >= 0.3 is 24.2 Å². The van der Waals surface area contributed by atoms with Crippen LogP contribution >= 0.6 is 11.8 Å². The summed E-state index contributed by atoms with van der Waals surface area (Å²) in [6.07, 6.45) is 4.92. The van der Waals surface area contributed by atoms with E-state index in [-0.39, 0.29) is 94.3 Å². The van der Waals surface area contributed by atoms with Crippen LogP contribution in [0.3, 0.4) is 0 Å². The normalized spacial score (nSPS) is 23.3. The van der Waals surface area contributed by atoms with Gasteiger partial charge in [-0.05, 0) is 75.5 Å². The number of thioether (sulfide) groups is 1. The third-order valence-electron chi connectivity index (χ3n) is 11.0. The molecule has 0 aliphatic heterocycles. The molecule has 1 unspecified atom stereocenters. The fourth-order valence-electron chi connectivity index (χ4n) is 8.17. The number of ether oxygens (including phenoxy) is 4. The van der Waals surface area contributed by atoms with Gasteiger partial charge in [-0.25, -0.2) is 4.79 Å². The molecule has 1 aromatic rings. The highest BCUT2D eigenvalue weighted by Crippen LogP contribution is 2.49. The first-order valence-electron chi connectivity index (χ1n) is 21.4. The van der Waals surface area contributed by atoms with Gasteiger partial charge in [-0.3, -0.25) is 25.0 Å². The molecule has 8 atom stereocenters. The molecule has 0 heterocycles. The van der Waals surface area contributed by atoms with E-state index in [2.05, 4.69) is 13.8 Å². The molecule has 0 bridgehead atoms. The molecule has 0 radical (unpaired) electrons. The van der Waals surface area contributed by atoms with Gasteiger partial charge in [0.25, 0.3) is 0 Å². The molecule has 16 nitrogen and oxygen atoms in total. The van der Waals surface area contributed by atoms with Crippen molar-refractivity contribution < 1.29 is 57.6 Å². The van der Waals surface area contributed by atoms with Gasteiger partial charge in [-0.2, -0.15) is 19.2 Å². The average molecular weight is 895 g/mol. The first kappa shape index (κ1) is 57.7. The highest BCUT2D eigenvalue weighted by molar-refractivity contribution is 8.00. The Morgan fingerprint density at radius 3 is 1.60 bits per heavy atom. The highest BCUT2D eigenvalue weighted by Gasteiger charge is 2.57. The molecule has 1 saturated carbocycles. The molecule has 0 saturated heterocycles. The van der Waals surface area contributed by atoms with E-state index in [0.29, 0.717) is 5.57 Å². The van der Waals surface area contributed by atoms with E-state index in [4.69, 9.17) is 38.1 Å². The Morgan fingerprint density at radius 1 is 0.742 bits per heavy atom. The molecule has 2 aliphatic rings. The monoisotopic (exact) mass is 894 g/mol. The van der Waals surface area contributed by atoms with Crippen molar-refractivity contribution in [2.75, 3.05) is 13.2 Å². The summed E-state index contributed by atoms with van der Waals surface area (Å²) in [6.45, 7) is 26.3. The average Bonchev–Trinajstić information content (AvgIpc) is 3.19. The lowest BCUT2D eigenvalue weighted by molar-refractivity contribution is -0.544. The lowest BCUT2D eigenvalue weighted by atomic mass is 9.65. The Hall–Kier alpha value is -4.27. The Morgan fingerprint density at radius 2 is 1.19 bits per heavy atom. The second-order valence-electron chi connectivity index (χ2n) is 17.3. The number of hydrogen-bond donors (Lipinski definition) is 0. The zero-order valence-electron chi connectivity index (χ0n) is 38.8. The van der Waals surface area contributed by atoms with Crippen molar-refractivity contribution >= 4 is 36.0 Å². The van der Waals surface area contributed by atoms with E-state index in [1.807, 2.05) is 86.6 Å². The number of aryl methyl sites for hydroxylation is 1. The summed E-state index contributed by atoms with van der Waals surface area (Å²) in [4.78, 5) is 82.1. The van der Waals surface area contributed by atoms with E-state index < -0.39 is 36.2 Å². The van der Waals surface area contributed by atoms with Crippen molar-refractivity contribution in [1.29, 1.82) is 0 Å². The topological polar surface area (TPSA) is 226 Å². The van der Waals surface area contributed by atoms with Crippen LogP contribution in [0, 0.1) is 55.7 Å². The van der Waals surface area contributed by atoms with Crippen molar-refractivity contribution in [3.8, 4) is 0 Å².